The predicted octanol–water partition coefficient (Wildman–Crippen LogP) is 2.65. The lowest BCUT2D eigenvalue weighted by Crippen LogP contribution is -2.40. The van der Waals surface area contributed by atoms with Crippen molar-refractivity contribution < 1.29 is 5.11 Å². The summed E-state index contributed by atoms with van der Waals surface area (Å²) in [6, 6.07) is 6.79. The van der Waals surface area contributed by atoms with Gasteiger partial charge < -0.3 is 15.7 Å². The predicted molar refractivity (Wildman–Crippen MR) is 78.7 cm³/mol. The maximum absolute atomic E-state index is 9.18. The van der Waals surface area contributed by atoms with Crippen LogP contribution in [0.2, 0.25) is 0 Å². The van der Waals surface area contributed by atoms with Gasteiger partial charge in [0.25, 0.3) is 0 Å². The first-order valence-corrected chi connectivity index (χ1v) is 7.41. The summed E-state index contributed by atoms with van der Waals surface area (Å²) in [5.74, 6) is 0. The van der Waals surface area contributed by atoms with Crippen molar-refractivity contribution in [3.05, 3.63) is 28.2 Å². The van der Waals surface area contributed by atoms with Crippen LogP contribution >= 0.6 is 15.9 Å². The molecule has 0 amide bonds. The van der Waals surface area contributed by atoms with Gasteiger partial charge in [0.05, 0.1) is 5.69 Å². The van der Waals surface area contributed by atoms with Crippen molar-refractivity contribution in [2.24, 2.45) is 5.73 Å². The second-order valence-electron chi connectivity index (χ2n) is 4.85. The zero-order valence-corrected chi connectivity index (χ0v) is 12.2. The maximum atomic E-state index is 9.18. The minimum Gasteiger partial charge on any atom is -0.396 e. The third-order valence-corrected chi connectivity index (χ3v) is 4.28. The van der Waals surface area contributed by atoms with Gasteiger partial charge in [-0.3, -0.25) is 0 Å². The lowest BCUT2D eigenvalue weighted by molar-refractivity contribution is 0.262. The third-order valence-electron chi connectivity index (χ3n) is 3.65. The highest BCUT2D eigenvalue weighted by Crippen LogP contribution is 2.33. The smallest absolute Gasteiger partial charge is 0.0513 e. The summed E-state index contributed by atoms with van der Waals surface area (Å²) < 4.78 is 1.11. The number of hydrogen-bond donors (Lipinski definition) is 2. The van der Waals surface area contributed by atoms with Gasteiger partial charge in [0.1, 0.15) is 0 Å². The normalized spacial score (nSPS) is 20.2. The van der Waals surface area contributed by atoms with E-state index in [0.29, 0.717) is 12.6 Å². The highest BCUT2D eigenvalue weighted by atomic mass is 79.9. The van der Waals surface area contributed by atoms with E-state index in [4.69, 9.17) is 5.73 Å². The molecule has 3 nitrogen and oxygen atoms in total. The van der Waals surface area contributed by atoms with Gasteiger partial charge in [-0.15, -0.1) is 0 Å². The Hall–Kier alpha value is -0.580. The molecule has 1 unspecified atom stereocenters. The summed E-state index contributed by atoms with van der Waals surface area (Å²) in [5.41, 5.74) is 8.02. The highest BCUT2D eigenvalue weighted by molar-refractivity contribution is 9.10. The van der Waals surface area contributed by atoms with E-state index in [2.05, 4.69) is 39.0 Å². The van der Waals surface area contributed by atoms with Crippen LogP contribution in [-0.4, -0.2) is 24.3 Å². The summed E-state index contributed by atoms with van der Waals surface area (Å²) in [4.78, 5) is 2.42. The largest absolute Gasteiger partial charge is 0.396 e. The van der Waals surface area contributed by atoms with Crippen molar-refractivity contribution in [1.82, 2.24) is 0 Å². The Bertz CT molecular complexity index is 395. The molecule has 1 fully saturated rings. The topological polar surface area (TPSA) is 49.5 Å². The number of aliphatic hydroxyl groups is 1. The lowest BCUT2D eigenvalue weighted by Gasteiger charge is -2.38. The van der Waals surface area contributed by atoms with Crippen molar-refractivity contribution in [2.75, 3.05) is 18.1 Å². The molecule has 0 saturated carbocycles. The molecule has 0 aromatic heterocycles. The van der Waals surface area contributed by atoms with Crippen LogP contribution in [-0.2, 0) is 6.54 Å². The van der Waals surface area contributed by atoms with E-state index in [0.717, 1.165) is 23.0 Å². The fourth-order valence-electron chi connectivity index (χ4n) is 2.68. The molecule has 1 aliphatic heterocycles. The summed E-state index contributed by atoms with van der Waals surface area (Å²) >= 11 is 3.64. The molecule has 0 radical (unpaired) electrons. The first kappa shape index (κ1) is 13.8. The average Bonchev–Trinajstić information content (AvgIpc) is 2.40. The number of halogens is 1. The Morgan fingerprint density at radius 2 is 2.22 bits per heavy atom. The van der Waals surface area contributed by atoms with E-state index >= 15 is 0 Å². The van der Waals surface area contributed by atoms with Crippen LogP contribution in [0.25, 0.3) is 0 Å². The molecular formula is C14H21BrN2O. The maximum Gasteiger partial charge on any atom is 0.0513 e. The van der Waals surface area contributed by atoms with Gasteiger partial charge in [0.15, 0.2) is 0 Å². The zero-order valence-electron chi connectivity index (χ0n) is 10.6. The van der Waals surface area contributed by atoms with E-state index in [1.807, 2.05) is 0 Å². The summed E-state index contributed by atoms with van der Waals surface area (Å²) in [7, 11) is 0. The van der Waals surface area contributed by atoms with Gasteiger partial charge in [0, 0.05) is 30.2 Å². The monoisotopic (exact) mass is 312 g/mol. The first-order chi connectivity index (χ1) is 8.76. The van der Waals surface area contributed by atoms with Gasteiger partial charge >= 0.3 is 0 Å². The Labute approximate surface area is 117 Å². The minimum absolute atomic E-state index is 0.264. The van der Waals surface area contributed by atoms with E-state index in [1.54, 1.807) is 0 Å². The van der Waals surface area contributed by atoms with E-state index in [-0.39, 0.29) is 6.61 Å². The highest BCUT2D eigenvalue weighted by Gasteiger charge is 2.23. The summed E-state index contributed by atoms with van der Waals surface area (Å²) in [6.07, 6.45) is 4.52. The van der Waals surface area contributed by atoms with Gasteiger partial charge in [0.2, 0.25) is 0 Å². The van der Waals surface area contributed by atoms with Crippen LogP contribution in [0.1, 0.15) is 31.2 Å². The molecule has 2 rings (SSSR count). The number of benzene rings is 1. The van der Waals surface area contributed by atoms with Crippen molar-refractivity contribution in [2.45, 2.75) is 38.3 Å². The van der Waals surface area contributed by atoms with E-state index < -0.39 is 0 Å². The zero-order chi connectivity index (χ0) is 13.0. The summed E-state index contributed by atoms with van der Waals surface area (Å²) in [6.45, 7) is 1.91. The second-order valence-corrected chi connectivity index (χ2v) is 5.70. The van der Waals surface area contributed by atoms with Crippen molar-refractivity contribution in [3.8, 4) is 0 Å². The van der Waals surface area contributed by atoms with Crippen LogP contribution in [0.4, 0.5) is 5.69 Å². The van der Waals surface area contributed by atoms with Crippen LogP contribution < -0.4 is 10.6 Å². The fourth-order valence-corrected chi connectivity index (χ4v) is 3.33. The quantitative estimate of drug-likeness (QED) is 0.898. The van der Waals surface area contributed by atoms with Gasteiger partial charge in [-0.1, -0.05) is 6.07 Å². The van der Waals surface area contributed by atoms with Crippen LogP contribution in [0.5, 0.6) is 0 Å². The molecule has 1 aliphatic rings. The van der Waals surface area contributed by atoms with Crippen molar-refractivity contribution >= 4 is 21.6 Å². The third kappa shape index (κ3) is 3.05. The molecule has 1 aromatic carbocycles. The van der Waals surface area contributed by atoms with Gasteiger partial charge in [-0.2, -0.15) is 0 Å². The molecule has 3 N–H and O–H groups in total. The Morgan fingerprint density at radius 3 is 2.89 bits per heavy atom. The Morgan fingerprint density at radius 1 is 1.39 bits per heavy atom. The fraction of sp³-hybridized carbons (Fsp3) is 0.571. The number of nitrogens with two attached hydrogens (primary N) is 1. The Balaban J connectivity index is 2.22. The van der Waals surface area contributed by atoms with E-state index in [9.17, 15) is 5.11 Å². The van der Waals surface area contributed by atoms with Gasteiger partial charge in [-0.05, 0) is 59.3 Å². The second kappa shape index (κ2) is 6.55. The minimum atomic E-state index is 0.264. The molecule has 0 spiro atoms. The molecule has 1 saturated heterocycles. The SMILES string of the molecule is NCc1ccc(N2CCCCC2CCO)c(Br)c1. The Kier molecular flexibility index (Phi) is 5.03. The number of nitrogens with zero attached hydrogens (tertiary/aromatic N) is 1. The molecule has 1 atom stereocenters. The number of aliphatic hydroxyl groups excluding tert-OH is 1. The van der Waals surface area contributed by atoms with Gasteiger partial charge in [-0.25, -0.2) is 0 Å². The van der Waals surface area contributed by atoms with Crippen LogP contribution in [0, 0.1) is 0 Å². The number of piperidine rings is 1. The molecule has 100 valence electrons. The van der Waals surface area contributed by atoms with Crippen LogP contribution in [0.15, 0.2) is 22.7 Å². The molecule has 0 aliphatic carbocycles. The molecule has 4 heteroatoms. The van der Waals surface area contributed by atoms with Crippen LogP contribution in [0.3, 0.4) is 0 Å². The average molecular weight is 313 g/mol. The van der Waals surface area contributed by atoms with Crippen molar-refractivity contribution in [1.29, 1.82) is 0 Å². The van der Waals surface area contributed by atoms with Crippen molar-refractivity contribution in [3.63, 3.8) is 0 Å². The molecule has 1 heterocycles. The molecule has 0 bridgehead atoms. The lowest BCUT2D eigenvalue weighted by atomic mass is 9.98. The van der Waals surface area contributed by atoms with E-state index in [1.165, 1.54) is 24.9 Å². The number of rotatable bonds is 4. The summed E-state index contributed by atoms with van der Waals surface area (Å²) in [5, 5.41) is 9.18. The first-order valence-electron chi connectivity index (χ1n) is 6.62. The molecule has 18 heavy (non-hydrogen) atoms. The number of hydrogen-bond acceptors (Lipinski definition) is 3. The molecular weight excluding hydrogens is 292 g/mol. The number of anilines is 1. The standard InChI is InChI=1S/C14H21BrN2O/c15-13-9-11(10-16)4-5-14(13)17-7-2-1-3-12(17)6-8-18/h4-5,9,12,18H,1-3,6-8,10,16H2. The molecule has 1 aromatic rings.